The first-order valence-corrected chi connectivity index (χ1v) is 5.40. The number of hydrogen-bond donors (Lipinski definition) is 0. The van der Waals surface area contributed by atoms with Gasteiger partial charge < -0.3 is 9.47 Å². The number of carbonyl (C=O) groups is 1. The van der Waals surface area contributed by atoms with E-state index in [0.29, 0.717) is 13.2 Å². The van der Waals surface area contributed by atoms with Crippen LogP contribution in [0.2, 0.25) is 0 Å². The van der Waals surface area contributed by atoms with Crippen molar-refractivity contribution in [1.82, 2.24) is 0 Å². The van der Waals surface area contributed by atoms with E-state index in [-0.39, 0.29) is 12.4 Å². The Bertz CT molecular complexity index is 371. The quantitative estimate of drug-likeness (QED) is 0.434. The number of halogens is 1. The first-order chi connectivity index (χ1) is 8.22. The van der Waals surface area contributed by atoms with Crippen LogP contribution >= 0.6 is 0 Å². The largest absolute Gasteiger partial charge is 0.460 e. The molecule has 1 aromatic rings. The molecule has 3 nitrogen and oxygen atoms in total. The zero-order valence-corrected chi connectivity index (χ0v) is 9.69. The van der Waals surface area contributed by atoms with Crippen molar-refractivity contribution in [3.63, 3.8) is 0 Å². The molecular formula is C13H15FO3. The van der Waals surface area contributed by atoms with Gasteiger partial charge in [-0.05, 0) is 30.7 Å². The van der Waals surface area contributed by atoms with Gasteiger partial charge in [-0.3, -0.25) is 0 Å². The average Bonchev–Trinajstić information content (AvgIpc) is 2.34. The summed E-state index contributed by atoms with van der Waals surface area (Å²) in [4.78, 5) is 11.2. The Balaban J connectivity index is 2.32. The van der Waals surface area contributed by atoms with E-state index < -0.39 is 5.97 Å². The van der Waals surface area contributed by atoms with Crippen LogP contribution in [0.25, 0.3) is 6.08 Å². The molecule has 1 rings (SSSR count). The molecule has 17 heavy (non-hydrogen) atoms. The molecule has 1 aromatic carbocycles. The number of rotatable bonds is 6. The van der Waals surface area contributed by atoms with Gasteiger partial charge in [0.05, 0.1) is 6.61 Å². The van der Waals surface area contributed by atoms with Gasteiger partial charge in [-0.2, -0.15) is 0 Å². The van der Waals surface area contributed by atoms with Crippen molar-refractivity contribution in [2.75, 3.05) is 19.8 Å². The molecule has 0 aliphatic heterocycles. The van der Waals surface area contributed by atoms with E-state index >= 15 is 0 Å². The summed E-state index contributed by atoms with van der Waals surface area (Å²) in [7, 11) is 0. The molecule has 0 bridgehead atoms. The van der Waals surface area contributed by atoms with Crippen LogP contribution in [0.5, 0.6) is 0 Å². The van der Waals surface area contributed by atoms with Crippen molar-refractivity contribution in [3.05, 3.63) is 41.7 Å². The fourth-order valence-electron chi connectivity index (χ4n) is 1.13. The first kappa shape index (κ1) is 13.4. The summed E-state index contributed by atoms with van der Waals surface area (Å²) in [6.07, 6.45) is 2.88. The summed E-state index contributed by atoms with van der Waals surface area (Å²) >= 11 is 0. The summed E-state index contributed by atoms with van der Waals surface area (Å²) in [6, 6.07) is 5.83. The van der Waals surface area contributed by atoms with Gasteiger partial charge in [-0.1, -0.05) is 12.1 Å². The minimum absolute atomic E-state index is 0.237. The second-order valence-corrected chi connectivity index (χ2v) is 3.25. The van der Waals surface area contributed by atoms with E-state index in [9.17, 15) is 9.18 Å². The molecule has 0 amide bonds. The third-order valence-corrected chi connectivity index (χ3v) is 1.96. The minimum Gasteiger partial charge on any atom is -0.460 e. The van der Waals surface area contributed by atoms with E-state index in [2.05, 4.69) is 0 Å². The zero-order chi connectivity index (χ0) is 12.5. The second-order valence-electron chi connectivity index (χ2n) is 3.25. The minimum atomic E-state index is -0.436. The summed E-state index contributed by atoms with van der Waals surface area (Å²) in [5.41, 5.74) is 0.744. The van der Waals surface area contributed by atoms with Gasteiger partial charge >= 0.3 is 5.97 Å². The molecule has 0 N–H and O–H groups in total. The third-order valence-electron chi connectivity index (χ3n) is 1.96. The fourth-order valence-corrected chi connectivity index (χ4v) is 1.13. The lowest BCUT2D eigenvalue weighted by atomic mass is 10.2. The van der Waals surface area contributed by atoms with Crippen molar-refractivity contribution in [1.29, 1.82) is 0 Å². The average molecular weight is 238 g/mol. The Hall–Kier alpha value is -1.68. The highest BCUT2D eigenvalue weighted by Gasteiger charge is 1.96. The normalized spacial score (nSPS) is 10.7. The Kier molecular flexibility index (Phi) is 5.96. The molecule has 0 radical (unpaired) electrons. The number of hydrogen-bond acceptors (Lipinski definition) is 3. The highest BCUT2D eigenvalue weighted by Crippen LogP contribution is 2.04. The lowest BCUT2D eigenvalue weighted by Crippen LogP contribution is -2.08. The van der Waals surface area contributed by atoms with E-state index in [4.69, 9.17) is 9.47 Å². The maximum absolute atomic E-state index is 12.6. The van der Waals surface area contributed by atoms with Gasteiger partial charge in [0.1, 0.15) is 12.4 Å². The highest BCUT2D eigenvalue weighted by atomic mass is 19.1. The van der Waals surface area contributed by atoms with Crippen LogP contribution in [0.4, 0.5) is 4.39 Å². The molecule has 0 fully saturated rings. The van der Waals surface area contributed by atoms with Crippen molar-refractivity contribution in [2.45, 2.75) is 6.92 Å². The van der Waals surface area contributed by atoms with E-state index in [1.807, 2.05) is 6.92 Å². The van der Waals surface area contributed by atoms with Gasteiger partial charge in [0.15, 0.2) is 0 Å². The third kappa shape index (κ3) is 5.82. The fraction of sp³-hybridized carbons (Fsp3) is 0.308. The Morgan fingerprint density at radius 2 is 2.00 bits per heavy atom. The SMILES string of the molecule is CCOCCOC(=O)/C=C/c1ccc(F)cc1. The zero-order valence-electron chi connectivity index (χ0n) is 9.69. The molecule has 92 valence electrons. The molecule has 0 atom stereocenters. The predicted octanol–water partition coefficient (Wildman–Crippen LogP) is 2.42. The Morgan fingerprint density at radius 1 is 1.29 bits per heavy atom. The van der Waals surface area contributed by atoms with Gasteiger partial charge in [0.2, 0.25) is 0 Å². The number of ether oxygens (including phenoxy) is 2. The summed E-state index contributed by atoms with van der Waals surface area (Å²) < 4.78 is 22.5. The van der Waals surface area contributed by atoms with E-state index in [0.717, 1.165) is 5.56 Å². The van der Waals surface area contributed by atoms with Crippen molar-refractivity contribution >= 4 is 12.0 Å². The molecular weight excluding hydrogens is 223 g/mol. The van der Waals surface area contributed by atoms with Gasteiger partial charge in [0, 0.05) is 12.7 Å². The first-order valence-electron chi connectivity index (χ1n) is 5.40. The molecule has 4 heteroatoms. The molecule has 0 aliphatic rings. The summed E-state index contributed by atoms with van der Waals surface area (Å²) in [6.45, 7) is 3.10. The maximum atomic E-state index is 12.6. The van der Waals surface area contributed by atoms with Crippen molar-refractivity contribution < 1.29 is 18.7 Å². The highest BCUT2D eigenvalue weighted by molar-refractivity contribution is 5.86. The monoisotopic (exact) mass is 238 g/mol. The van der Waals surface area contributed by atoms with Crippen LogP contribution in [0.15, 0.2) is 30.3 Å². The van der Waals surface area contributed by atoms with Crippen molar-refractivity contribution in [2.24, 2.45) is 0 Å². The van der Waals surface area contributed by atoms with E-state index in [1.165, 1.54) is 18.2 Å². The molecule has 0 aromatic heterocycles. The van der Waals surface area contributed by atoms with Crippen LogP contribution < -0.4 is 0 Å². The molecule has 0 aliphatic carbocycles. The predicted molar refractivity (Wildman–Crippen MR) is 62.9 cm³/mol. The Labute approximate surface area is 99.9 Å². The van der Waals surface area contributed by atoms with Gasteiger partial charge in [0.25, 0.3) is 0 Å². The van der Waals surface area contributed by atoms with E-state index in [1.54, 1.807) is 18.2 Å². The molecule has 0 unspecified atom stereocenters. The number of esters is 1. The summed E-state index contributed by atoms with van der Waals surface area (Å²) in [5, 5.41) is 0. The number of benzene rings is 1. The lowest BCUT2D eigenvalue weighted by Gasteiger charge is -2.01. The second kappa shape index (κ2) is 7.57. The van der Waals surface area contributed by atoms with Gasteiger partial charge in [-0.25, -0.2) is 9.18 Å². The van der Waals surface area contributed by atoms with Crippen molar-refractivity contribution in [3.8, 4) is 0 Å². The standard InChI is InChI=1S/C13H15FO3/c1-2-16-9-10-17-13(15)8-5-11-3-6-12(14)7-4-11/h3-8H,2,9-10H2,1H3/b8-5+. The number of carbonyl (C=O) groups excluding carboxylic acids is 1. The topological polar surface area (TPSA) is 35.5 Å². The smallest absolute Gasteiger partial charge is 0.330 e. The maximum Gasteiger partial charge on any atom is 0.330 e. The lowest BCUT2D eigenvalue weighted by molar-refractivity contribution is -0.139. The van der Waals surface area contributed by atoms with Crippen LogP contribution in [0.1, 0.15) is 12.5 Å². The Morgan fingerprint density at radius 3 is 2.65 bits per heavy atom. The summed E-state index contributed by atoms with van der Waals surface area (Å²) in [5.74, 6) is -0.740. The van der Waals surface area contributed by atoms with Crippen LogP contribution in [-0.2, 0) is 14.3 Å². The van der Waals surface area contributed by atoms with Gasteiger partial charge in [-0.15, -0.1) is 0 Å². The van der Waals surface area contributed by atoms with Crippen LogP contribution in [0, 0.1) is 5.82 Å². The van der Waals surface area contributed by atoms with Crippen LogP contribution in [-0.4, -0.2) is 25.8 Å². The molecule has 0 saturated heterocycles. The molecule has 0 saturated carbocycles. The van der Waals surface area contributed by atoms with Crippen LogP contribution in [0.3, 0.4) is 0 Å². The molecule has 0 heterocycles. The molecule has 0 spiro atoms.